The lowest BCUT2D eigenvalue weighted by atomic mass is 9.94. The van der Waals surface area contributed by atoms with Gasteiger partial charge in [0.1, 0.15) is 0 Å². The van der Waals surface area contributed by atoms with E-state index in [1.54, 1.807) is 7.11 Å². The molecular weight excluding hydrogens is 234 g/mol. The van der Waals surface area contributed by atoms with Crippen LogP contribution in [0.15, 0.2) is 30.3 Å². The lowest BCUT2D eigenvalue weighted by molar-refractivity contribution is 0.0145. The molecule has 0 saturated heterocycles. The monoisotopic (exact) mass is 263 g/mol. The number of rotatable bonds is 8. The Bertz CT molecular complexity index is 357. The summed E-state index contributed by atoms with van der Waals surface area (Å²) in [5.41, 5.74) is 1.54. The Kier molecular flexibility index (Phi) is 6.02. The summed E-state index contributed by atoms with van der Waals surface area (Å²) in [6, 6.07) is 10.7. The van der Waals surface area contributed by atoms with Crippen LogP contribution in [0.5, 0.6) is 0 Å². The summed E-state index contributed by atoms with van der Waals surface area (Å²) in [4.78, 5) is 0. The first-order valence-electron chi connectivity index (χ1n) is 7.19. The third-order valence-corrected chi connectivity index (χ3v) is 3.76. The van der Waals surface area contributed by atoms with Gasteiger partial charge in [0.2, 0.25) is 0 Å². The zero-order valence-corrected chi connectivity index (χ0v) is 13.1. The maximum absolute atomic E-state index is 5.44. The molecule has 0 aliphatic rings. The lowest BCUT2D eigenvalue weighted by Gasteiger charge is -2.29. The molecule has 0 bridgehead atoms. The fraction of sp³-hybridized carbons (Fsp3) is 0.647. The molecule has 1 aromatic carbocycles. The van der Waals surface area contributed by atoms with Gasteiger partial charge in [0.25, 0.3) is 0 Å². The molecule has 2 heteroatoms. The van der Waals surface area contributed by atoms with Crippen LogP contribution in [0.3, 0.4) is 0 Å². The second-order valence-electron chi connectivity index (χ2n) is 6.51. The van der Waals surface area contributed by atoms with Crippen molar-refractivity contribution in [2.24, 2.45) is 0 Å². The zero-order valence-electron chi connectivity index (χ0n) is 13.1. The summed E-state index contributed by atoms with van der Waals surface area (Å²) in [7, 11) is 1.78. The molecule has 1 rings (SSSR count). The highest BCUT2D eigenvalue weighted by atomic mass is 16.5. The molecule has 0 aromatic heterocycles. The van der Waals surface area contributed by atoms with Gasteiger partial charge in [0.05, 0.1) is 5.60 Å². The molecule has 0 aliphatic carbocycles. The summed E-state index contributed by atoms with van der Waals surface area (Å²) < 4.78 is 5.44. The van der Waals surface area contributed by atoms with Crippen molar-refractivity contribution in [1.29, 1.82) is 0 Å². The number of hydrogen-bond donors (Lipinski definition) is 1. The average molecular weight is 263 g/mol. The summed E-state index contributed by atoms with van der Waals surface area (Å²) >= 11 is 0. The minimum atomic E-state index is -0.0392. The van der Waals surface area contributed by atoms with Crippen molar-refractivity contribution in [3.05, 3.63) is 35.9 Å². The predicted octanol–water partition coefficient (Wildman–Crippen LogP) is 3.80. The molecule has 0 spiro atoms. The van der Waals surface area contributed by atoms with Gasteiger partial charge < -0.3 is 10.1 Å². The predicted molar refractivity (Wildman–Crippen MR) is 82.5 cm³/mol. The summed E-state index contributed by atoms with van der Waals surface area (Å²) in [5, 5.41) is 3.64. The van der Waals surface area contributed by atoms with E-state index in [0.717, 1.165) is 25.8 Å². The van der Waals surface area contributed by atoms with Crippen molar-refractivity contribution in [3.63, 3.8) is 0 Å². The van der Waals surface area contributed by atoms with E-state index in [4.69, 9.17) is 4.74 Å². The van der Waals surface area contributed by atoms with Gasteiger partial charge in [-0.05, 0) is 59.1 Å². The Morgan fingerprint density at radius 3 is 2.21 bits per heavy atom. The van der Waals surface area contributed by atoms with E-state index in [2.05, 4.69) is 63.3 Å². The van der Waals surface area contributed by atoms with Gasteiger partial charge in [-0.2, -0.15) is 0 Å². The van der Waals surface area contributed by atoms with Crippen LogP contribution >= 0.6 is 0 Å². The highest BCUT2D eigenvalue weighted by Crippen LogP contribution is 2.16. The topological polar surface area (TPSA) is 21.3 Å². The quantitative estimate of drug-likeness (QED) is 0.770. The van der Waals surface area contributed by atoms with Crippen LogP contribution in [0.25, 0.3) is 0 Å². The van der Waals surface area contributed by atoms with Crippen LogP contribution in [0.2, 0.25) is 0 Å². The van der Waals surface area contributed by atoms with Crippen molar-refractivity contribution < 1.29 is 4.74 Å². The number of benzene rings is 1. The first kappa shape index (κ1) is 16.2. The first-order valence-corrected chi connectivity index (χ1v) is 7.19. The minimum Gasteiger partial charge on any atom is -0.379 e. The molecule has 0 amide bonds. The average Bonchev–Trinajstić information content (AvgIpc) is 2.37. The molecule has 108 valence electrons. The summed E-state index contributed by atoms with van der Waals surface area (Å²) in [6.07, 6.45) is 3.29. The maximum Gasteiger partial charge on any atom is 0.0634 e. The molecule has 0 aliphatic heterocycles. The van der Waals surface area contributed by atoms with E-state index in [0.29, 0.717) is 0 Å². The van der Waals surface area contributed by atoms with Crippen LogP contribution in [0.4, 0.5) is 0 Å². The highest BCUT2D eigenvalue weighted by Gasteiger charge is 2.20. The summed E-state index contributed by atoms with van der Waals surface area (Å²) in [6.45, 7) is 9.80. The normalized spacial score (nSPS) is 12.7. The molecule has 0 saturated carbocycles. The Labute approximate surface area is 118 Å². The van der Waals surface area contributed by atoms with E-state index >= 15 is 0 Å². The first-order chi connectivity index (χ1) is 8.85. The van der Waals surface area contributed by atoms with Crippen LogP contribution in [-0.2, 0) is 11.2 Å². The van der Waals surface area contributed by atoms with E-state index in [1.807, 2.05) is 0 Å². The summed E-state index contributed by atoms with van der Waals surface area (Å²) in [5.74, 6) is 0. The Balaban J connectivity index is 2.32. The fourth-order valence-electron chi connectivity index (χ4n) is 1.99. The molecule has 0 fully saturated rings. The largest absolute Gasteiger partial charge is 0.379 e. The van der Waals surface area contributed by atoms with Crippen molar-refractivity contribution in [3.8, 4) is 0 Å². The fourth-order valence-corrected chi connectivity index (χ4v) is 1.99. The van der Waals surface area contributed by atoms with Gasteiger partial charge >= 0.3 is 0 Å². The molecule has 0 unspecified atom stereocenters. The van der Waals surface area contributed by atoms with E-state index < -0.39 is 0 Å². The van der Waals surface area contributed by atoms with Gasteiger partial charge in [-0.25, -0.2) is 0 Å². The van der Waals surface area contributed by atoms with E-state index in [-0.39, 0.29) is 11.1 Å². The standard InChI is InChI=1S/C17H29NO/c1-16(2,18-14-13-17(3,4)19-5)12-11-15-9-7-6-8-10-15/h6-10,18H,11-14H2,1-5H3. The Morgan fingerprint density at radius 2 is 1.63 bits per heavy atom. The highest BCUT2D eigenvalue weighted by molar-refractivity contribution is 5.15. The van der Waals surface area contributed by atoms with Gasteiger partial charge in [-0.1, -0.05) is 30.3 Å². The second kappa shape index (κ2) is 7.06. The van der Waals surface area contributed by atoms with Crippen LogP contribution < -0.4 is 5.32 Å². The molecular formula is C17H29NO. The number of methoxy groups -OCH3 is 1. The lowest BCUT2D eigenvalue weighted by Crippen LogP contribution is -2.42. The minimum absolute atomic E-state index is 0.0392. The van der Waals surface area contributed by atoms with Gasteiger partial charge in [0.15, 0.2) is 0 Å². The van der Waals surface area contributed by atoms with Crippen LogP contribution in [0, 0.1) is 0 Å². The number of aryl methyl sites for hydroxylation is 1. The molecule has 1 N–H and O–H groups in total. The van der Waals surface area contributed by atoms with Crippen LogP contribution in [0.1, 0.15) is 46.1 Å². The Morgan fingerprint density at radius 1 is 1.00 bits per heavy atom. The molecule has 0 radical (unpaired) electrons. The van der Waals surface area contributed by atoms with E-state index in [9.17, 15) is 0 Å². The number of hydrogen-bond acceptors (Lipinski definition) is 2. The molecule has 2 nitrogen and oxygen atoms in total. The third kappa shape index (κ3) is 6.74. The molecule has 0 heterocycles. The maximum atomic E-state index is 5.44. The SMILES string of the molecule is COC(C)(C)CCNC(C)(C)CCc1ccccc1. The van der Waals surface area contributed by atoms with Gasteiger partial charge in [-0.15, -0.1) is 0 Å². The van der Waals surface area contributed by atoms with Gasteiger partial charge in [-0.3, -0.25) is 0 Å². The molecule has 1 aromatic rings. The van der Waals surface area contributed by atoms with Crippen molar-refractivity contribution in [2.45, 2.75) is 58.1 Å². The number of ether oxygens (including phenoxy) is 1. The third-order valence-electron chi connectivity index (χ3n) is 3.76. The van der Waals surface area contributed by atoms with Crippen molar-refractivity contribution in [2.75, 3.05) is 13.7 Å². The Hall–Kier alpha value is -0.860. The van der Waals surface area contributed by atoms with E-state index in [1.165, 1.54) is 5.56 Å². The number of nitrogens with one attached hydrogen (secondary N) is 1. The molecule has 19 heavy (non-hydrogen) atoms. The zero-order chi connectivity index (χ0) is 14.4. The second-order valence-corrected chi connectivity index (χ2v) is 6.51. The van der Waals surface area contributed by atoms with Gasteiger partial charge in [0, 0.05) is 12.6 Å². The van der Waals surface area contributed by atoms with Crippen molar-refractivity contribution >= 4 is 0 Å². The van der Waals surface area contributed by atoms with Crippen molar-refractivity contribution in [1.82, 2.24) is 5.32 Å². The molecule has 0 atom stereocenters. The smallest absolute Gasteiger partial charge is 0.0634 e. The van der Waals surface area contributed by atoms with Crippen LogP contribution in [-0.4, -0.2) is 24.8 Å².